The molecule has 1 amide bonds. The van der Waals surface area contributed by atoms with Crippen LogP contribution < -0.4 is 10.5 Å². The number of ether oxygens (including phenoxy) is 1. The van der Waals surface area contributed by atoms with Crippen LogP contribution in [0.1, 0.15) is 12.0 Å². The maximum absolute atomic E-state index is 10.8. The molecule has 0 heterocycles. The Labute approximate surface area is 104 Å². The molecule has 18 heavy (non-hydrogen) atoms. The molecule has 0 aliphatic heterocycles. The summed E-state index contributed by atoms with van der Waals surface area (Å²) >= 11 is 0. The summed E-state index contributed by atoms with van der Waals surface area (Å²) in [5.41, 5.74) is 5.66. The highest BCUT2D eigenvalue weighted by Gasteiger charge is 2.17. The van der Waals surface area contributed by atoms with Crippen molar-refractivity contribution in [3.8, 4) is 5.75 Å². The van der Waals surface area contributed by atoms with E-state index in [9.17, 15) is 9.59 Å². The molecule has 0 saturated carbocycles. The molecule has 1 rings (SSSR count). The first-order valence-electron chi connectivity index (χ1n) is 5.21. The third-order valence-electron chi connectivity index (χ3n) is 2.20. The monoisotopic (exact) mass is 250 g/mol. The van der Waals surface area contributed by atoms with Crippen LogP contribution in [0.2, 0.25) is 0 Å². The van der Waals surface area contributed by atoms with E-state index in [1.807, 2.05) is 0 Å². The summed E-state index contributed by atoms with van der Waals surface area (Å²) in [6, 6.07) is 5.76. The van der Waals surface area contributed by atoms with E-state index >= 15 is 0 Å². The van der Waals surface area contributed by atoms with Gasteiger partial charge < -0.3 is 15.6 Å². The minimum Gasteiger partial charge on any atom is -0.497 e. The first-order chi connectivity index (χ1) is 8.52. The molecule has 6 nitrogen and oxygen atoms in total. The van der Waals surface area contributed by atoms with Gasteiger partial charge >= 0.3 is 5.97 Å². The van der Waals surface area contributed by atoms with Gasteiger partial charge in [-0.05, 0) is 29.8 Å². The van der Waals surface area contributed by atoms with Crippen LogP contribution in [-0.4, -0.2) is 36.3 Å². The summed E-state index contributed by atoms with van der Waals surface area (Å²) in [5.74, 6) is -1.19. The van der Waals surface area contributed by atoms with Gasteiger partial charge in [0.2, 0.25) is 5.91 Å². The van der Waals surface area contributed by atoms with Crippen LogP contribution in [0.5, 0.6) is 5.75 Å². The van der Waals surface area contributed by atoms with E-state index in [-0.39, 0.29) is 6.42 Å². The number of aliphatic carboxylic acids is 1. The lowest BCUT2D eigenvalue weighted by Gasteiger charge is -2.04. The summed E-state index contributed by atoms with van der Waals surface area (Å²) in [5, 5.41) is 8.84. The molecule has 3 N–H and O–H groups in total. The van der Waals surface area contributed by atoms with Crippen molar-refractivity contribution in [2.45, 2.75) is 12.5 Å². The average molecular weight is 250 g/mol. The van der Waals surface area contributed by atoms with Gasteiger partial charge in [-0.1, -0.05) is 0 Å². The molecule has 1 aromatic carbocycles. The fourth-order valence-electron chi connectivity index (χ4n) is 1.26. The lowest BCUT2D eigenvalue weighted by atomic mass is 10.2. The first kappa shape index (κ1) is 13.7. The zero-order valence-electron chi connectivity index (χ0n) is 9.87. The normalized spacial score (nSPS) is 12.3. The second-order valence-electron chi connectivity index (χ2n) is 3.58. The van der Waals surface area contributed by atoms with E-state index < -0.39 is 17.9 Å². The van der Waals surface area contributed by atoms with Crippen molar-refractivity contribution in [2.75, 3.05) is 7.11 Å². The van der Waals surface area contributed by atoms with Crippen LogP contribution in [0.4, 0.5) is 0 Å². The van der Waals surface area contributed by atoms with Gasteiger partial charge in [0.15, 0.2) is 6.04 Å². The van der Waals surface area contributed by atoms with Crippen molar-refractivity contribution in [3.63, 3.8) is 0 Å². The van der Waals surface area contributed by atoms with Crippen LogP contribution in [0.15, 0.2) is 29.3 Å². The summed E-state index contributed by atoms with van der Waals surface area (Å²) in [7, 11) is 1.55. The van der Waals surface area contributed by atoms with Gasteiger partial charge in [-0.15, -0.1) is 0 Å². The van der Waals surface area contributed by atoms with E-state index in [1.54, 1.807) is 31.4 Å². The lowest BCUT2D eigenvalue weighted by molar-refractivity contribution is -0.140. The van der Waals surface area contributed by atoms with Crippen LogP contribution in [0.3, 0.4) is 0 Å². The molecule has 0 aliphatic carbocycles. The number of carboxylic acid groups (broad SMARTS) is 1. The molecule has 0 bridgehead atoms. The summed E-state index contributed by atoms with van der Waals surface area (Å²) < 4.78 is 4.99. The standard InChI is InChI=1S/C12H14N2O4/c1-18-9-4-2-8(3-5-9)7-14-10(12(16)17)6-11(13)15/h2-5,7,10H,6H2,1H3,(H2,13,15)(H,16,17)/b14-7+/t10-/m0/s1. The number of benzene rings is 1. The number of rotatable bonds is 6. The largest absolute Gasteiger partial charge is 0.497 e. The fraction of sp³-hybridized carbons (Fsp3) is 0.250. The Bertz CT molecular complexity index is 454. The Kier molecular flexibility index (Phi) is 4.86. The zero-order chi connectivity index (χ0) is 13.5. The lowest BCUT2D eigenvalue weighted by Crippen LogP contribution is -2.25. The Balaban J connectivity index is 2.75. The Hall–Kier alpha value is -2.37. The molecule has 1 aromatic rings. The number of hydrogen-bond acceptors (Lipinski definition) is 4. The average Bonchev–Trinajstić information content (AvgIpc) is 2.34. The molecule has 0 unspecified atom stereocenters. The van der Waals surface area contributed by atoms with Crippen LogP contribution in [-0.2, 0) is 9.59 Å². The second kappa shape index (κ2) is 6.39. The number of carbonyl (C=O) groups excluding carboxylic acids is 1. The van der Waals surface area contributed by atoms with Crippen molar-refractivity contribution in [1.82, 2.24) is 0 Å². The topological polar surface area (TPSA) is 102 Å². The molecule has 0 radical (unpaired) electrons. The fourth-order valence-corrected chi connectivity index (χ4v) is 1.26. The van der Waals surface area contributed by atoms with Gasteiger partial charge in [-0.25, -0.2) is 4.79 Å². The SMILES string of the molecule is COc1ccc(/C=N/[C@@H](CC(N)=O)C(=O)O)cc1. The molecule has 0 spiro atoms. The summed E-state index contributed by atoms with van der Waals surface area (Å²) in [4.78, 5) is 25.3. The predicted molar refractivity (Wildman–Crippen MR) is 65.8 cm³/mol. The minimum atomic E-state index is -1.18. The highest BCUT2D eigenvalue weighted by Crippen LogP contribution is 2.10. The van der Waals surface area contributed by atoms with Gasteiger partial charge in [0.05, 0.1) is 13.5 Å². The molecule has 0 saturated heterocycles. The number of aliphatic imine (C=N–C) groups is 1. The zero-order valence-corrected chi connectivity index (χ0v) is 9.87. The minimum absolute atomic E-state index is 0.317. The number of hydrogen-bond donors (Lipinski definition) is 2. The quantitative estimate of drug-likeness (QED) is 0.715. The molecule has 0 fully saturated rings. The number of methoxy groups -OCH3 is 1. The number of nitrogens with zero attached hydrogens (tertiary/aromatic N) is 1. The summed E-state index contributed by atoms with van der Waals surface area (Å²) in [6.45, 7) is 0. The molecule has 0 aromatic heterocycles. The van der Waals surface area contributed by atoms with Gasteiger partial charge in [0.25, 0.3) is 0 Å². The van der Waals surface area contributed by atoms with Crippen molar-refractivity contribution in [3.05, 3.63) is 29.8 Å². The van der Waals surface area contributed by atoms with Crippen molar-refractivity contribution < 1.29 is 19.4 Å². The molecule has 6 heteroatoms. The molecular formula is C12H14N2O4. The van der Waals surface area contributed by atoms with Crippen molar-refractivity contribution >= 4 is 18.1 Å². The molecule has 1 atom stereocenters. The maximum atomic E-state index is 10.8. The summed E-state index contributed by atoms with van der Waals surface area (Å²) in [6.07, 6.45) is 1.07. The van der Waals surface area contributed by atoms with E-state index in [1.165, 1.54) is 6.21 Å². The van der Waals surface area contributed by atoms with Gasteiger partial charge in [-0.2, -0.15) is 0 Å². The van der Waals surface area contributed by atoms with E-state index in [4.69, 9.17) is 15.6 Å². The number of primary amides is 1. The van der Waals surface area contributed by atoms with E-state index in [2.05, 4.69) is 4.99 Å². The van der Waals surface area contributed by atoms with E-state index in [0.29, 0.717) is 11.3 Å². The van der Waals surface area contributed by atoms with Gasteiger partial charge in [0, 0.05) is 6.21 Å². The Morgan fingerprint density at radius 1 is 1.44 bits per heavy atom. The first-order valence-corrected chi connectivity index (χ1v) is 5.21. The van der Waals surface area contributed by atoms with Crippen molar-refractivity contribution in [1.29, 1.82) is 0 Å². The van der Waals surface area contributed by atoms with E-state index in [0.717, 1.165) is 0 Å². The van der Waals surface area contributed by atoms with Gasteiger partial charge in [-0.3, -0.25) is 9.79 Å². The highest BCUT2D eigenvalue weighted by atomic mass is 16.5. The van der Waals surface area contributed by atoms with Crippen LogP contribution >= 0.6 is 0 Å². The van der Waals surface area contributed by atoms with Gasteiger partial charge in [0.1, 0.15) is 5.75 Å². The molecule has 96 valence electrons. The second-order valence-corrected chi connectivity index (χ2v) is 3.58. The highest BCUT2D eigenvalue weighted by molar-refractivity contribution is 5.87. The Morgan fingerprint density at radius 3 is 2.50 bits per heavy atom. The molecular weight excluding hydrogens is 236 g/mol. The number of carboxylic acids is 1. The van der Waals surface area contributed by atoms with Crippen LogP contribution in [0.25, 0.3) is 0 Å². The number of amides is 1. The third kappa shape index (κ3) is 4.25. The van der Waals surface area contributed by atoms with Crippen molar-refractivity contribution in [2.24, 2.45) is 10.7 Å². The van der Waals surface area contributed by atoms with Crippen LogP contribution in [0, 0.1) is 0 Å². The third-order valence-corrected chi connectivity index (χ3v) is 2.20. The smallest absolute Gasteiger partial charge is 0.328 e. The number of nitrogens with two attached hydrogens (primary N) is 1. The molecule has 0 aliphatic rings. The Morgan fingerprint density at radius 2 is 2.06 bits per heavy atom. The number of carbonyl (C=O) groups is 2. The predicted octanol–water partition coefficient (Wildman–Crippen LogP) is 0.443. The maximum Gasteiger partial charge on any atom is 0.328 e.